The summed E-state index contributed by atoms with van der Waals surface area (Å²) in [5.41, 5.74) is 5.65. The van der Waals surface area contributed by atoms with Gasteiger partial charge >= 0.3 is 0 Å². The smallest absolute Gasteiger partial charge is 0.254 e. The Labute approximate surface area is 117 Å². The van der Waals surface area contributed by atoms with Crippen LogP contribution in [0.15, 0.2) is 0 Å². The molecule has 0 aromatic heterocycles. The highest BCUT2D eigenvalue weighted by Crippen LogP contribution is 2.84. The molecule has 2 nitrogen and oxygen atoms in total. The van der Waals surface area contributed by atoms with E-state index in [0.29, 0.717) is 0 Å². The zero-order valence-electron chi connectivity index (χ0n) is 9.23. The van der Waals surface area contributed by atoms with Crippen molar-refractivity contribution in [1.29, 1.82) is 0 Å². The third kappa shape index (κ3) is 1.65. The van der Waals surface area contributed by atoms with Gasteiger partial charge in [-0.3, -0.25) is 4.79 Å². The predicted octanol–water partition coefficient (Wildman–Crippen LogP) is 3.33. The van der Waals surface area contributed by atoms with Crippen molar-refractivity contribution in [1.82, 2.24) is 0 Å². The lowest BCUT2D eigenvalue weighted by Crippen LogP contribution is -2.58. The summed E-state index contributed by atoms with van der Waals surface area (Å²) in [5, 5.41) is 0. The molecule has 4 heterocycles. The Hall–Kier alpha value is 1.22. The highest BCUT2D eigenvalue weighted by Gasteiger charge is 2.69. The van der Waals surface area contributed by atoms with E-state index in [-0.39, 0.29) is 17.5 Å². The van der Waals surface area contributed by atoms with Crippen molar-refractivity contribution >= 4 is 64.7 Å². The third-order valence-corrected chi connectivity index (χ3v) is 11.6. The monoisotopic (exact) mass is 311 g/mol. The minimum atomic E-state index is -0.465. The number of carbonyl (C=O) groups is 1. The molecule has 4 saturated heterocycles. The van der Waals surface area contributed by atoms with Crippen LogP contribution in [0.2, 0.25) is 0 Å². The maximum atomic E-state index is 11.8. The first-order valence-corrected chi connectivity index (χ1v) is 9.07. The normalized spacial score (nSPS) is 58.9. The van der Waals surface area contributed by atoms with Crippen LogP contribution < -0.4 is 5.73 Å². The molecular formula is C9H13NOS5. The van der Waals surface area contributed by atoms with E-state index in [4.69, 9.17) is 5.73 Å². The molecule has 4 aliphatic heterocycles. The fraction of sp³-hybridized carbons (Fsp3) is 0.889. The van der Waals surface area contributed by atoms with Gasteiger partial charge in [0.15, 0.2) is 3.41 Å². The standard InChI is InChI=1S/C9H13NOS5/c1-6-4-7(2)13-8(3,12-6)16-9(14-6,15-7)5(10)11/h4H2,1-3H3,(H2,10,11)/t6-,7+,8?,9?. The predicted molar refractivity (Wildman–Crippen MR) is 79.7 cm³/mol. The minimum Gasteiger partial charge on any atom is -0.367 e. The molecule has 0 spiro atoms. The molecule has 0 radical (unpaired) electrons. The van der Waals surface area contributed by atoms with E-state index in [1.807, 2.05) is 23.5 Å². The molecule has 0 aliphatic carbocycles. The van der Waals surface area contributed by atoms with Crippen LogP contribution in [0, 0.1) is 0 Å². The summed E-state index contributed by atoms with van der Waals surface area (Å²) in [4.78, 5) is 11.8. The van der Waals surface area contributed by atoms with Gasteiger partial charge in [0.05, 0.1) is 8.16 Å². The average Bonchev–Trinajstić information content (AvgIpc) is 1.92. The third-order valence-electron chi connectivity index (χ3n) is 2.77. The molecule has 4 aliphatic rings. The van der Waals surface area contributed by atoms with E-state index in [9.17, 15) is 4.79 Å². The Morgan fingerprint density at radius 2 is 1.50 bits per heavy atom. The summed E-state index contributed by atoms with van der Waals surface area (Å²) in [6.45, 7) is 6.76. The van der Waals surface area contributed by atoms with E-state index < -0.39 is 3.41 Å². The van der Waals surface area contributed by atoms with Crippen LogP contribution in [0.5, 0.6) is 0 Å². The maximum Gasteiger partial charge on any atom is 0.254 e. The Bertz CT molecular complexity index is 333. The Balaban J connectivity index is 2.11. The van der Waals surface area contributed by atoms with Crippen LogP contribution in [0.3, 0.4) is 0 Å². The molecule has 0 saturated carbocycles. The summed E-state index contributed by atoms with van der Waals surface area (Å²) >= 11 is 9.25. The van der Waals surface area contributed by atoms with Gasteiger partial charge in [-0.15, -0.1) is 47.0 Å². The van der Waals surface area contributed by atoms with Gasteiger partial charge in [-0.25, -0.2) is 0 Å². The summed E-state index contributed by atoms with van der Waals surface area (Å²) < 4.78 is -0.110. The molecule has 1 amide bonds. The number of hydrogen-bond donors (Lipinski definition) is 1. The van der Waals surface area contributed by atoms with Gasteiger partial charge in [0.1, 0.15) is 3.41 Å². The molecule has 0 aromatic rings. The second-order valence-corrected chi connectivity index (χ2v) is 15.7. The number of rotatable bonds is 1. The van der Waals surface area contributed by atoms with Crippen molar-refractivity contribution in [2.45, 2.75) is 42.2 Å². The highest BCUT2D eigenvalue weighted by molar-refractivity contribution is 8.55. The van der Waals surface area contributed by atoms with Crippen molar-refractivity contribution < 1.29 is 4.79 Å². The van der Waals surface area contributed by atoms with Gasteiger partial charge < -0.3 is 5.73 Å². The molecule has 4 bridgehead atoms. The van der Waals surface area contributed by atoms with Crippen LogP contribution in [0.1, 0.15) is 27.2 Å². The first-order valence-electron chi connectivity index (χ1n) is 4.99. The molecular weight excluding hydrogens is 298 g/mol. The Morgan fingerprint density at radius 1 is 1.00 bits per heavy atom. The SMILES string of the molecule is CC12SC3(C(N)=O)S[C@@](C)(C[C@](C)(S1)S3)S2. The fourth-order valence-electron chi connectivity index (χ4n) is 2.64. The van der Waals surface area contributed by atoms with E-state index in [1.54, 1.807) is 35.3 Å². The molecule has 4 atom stereocenters. The highest BCUT2D eigenvalue weighted by atomic mass is 32.3. The fourth-order valence-corrected chi connectivity index (χ4v) is 19.1. The first-order chi connectivity index (χ1) is 7.19. The second-order valence-electron chi connectivity index (χ2n) is 4.74. The minimum absolute atomic E-state index is 0.0767. The van der Waals surface area contributed by atoms with Crippen molar-refractivity contribution in [2.75, 3.05) is 0 Å². The number of carbonyl (C=O) groups excluding carboxylic acids is 1. The topological polar surface area (TPSA) is 43.1 Å². The maximum absolute atomic E-state index is 11.8. The van der Waals surface area contributed by atoms with Crippen LogP contribution >= 0.6 is 58.8 Å². The number of primary amides is 1. The zero-order chi connectivity index (χ0) is 11.8. The van der Waals surface area contributed by atoms with Crippen LogP contribution in [0.4, 0.5) is 0 Å². The zero-order valence-corrected chi connectivity index (χ0v) is 13.3. The largest absolute Gasteiger partial charge is 0.367 e. The Kier molecular flexibility index (Phi) is 2.46. The van der Waals surface area contributed by atoms with E-state index in [0.717, 1.165) is 6.42 Å². The summed E-state index contributed by atoms with van der Waals surface area (Å²) in [5.74, 6) is -0.170. The molecule has 4 rings (SSSR count). The number of thioether (sulfide) groups is 5. The van der Waals surface area contributed by atoms with Crippen molar-refractivity contribution in [2.24, 2.45) is 5.73 Å². The lowest BCUT2D eigenvalue weighted by atomic mass is 10.2. The van der Waals surface area contributed by atoms with E-state index in [1.165, 1.54) is 0 Å². The van der Waals surface area contributed by atoms with Gasteiger partial charge in [0, 0.05) is 0 Å². The number of nitrogens with two attached hydrogens (primary N) is 1. The summed E-state index contributed by atoms with van der Waals surface area (Å²) in [7, 11) is 0. The quantitative estimate of drug-likeness (QED) is 0.801. The molecule has 16 heavy (non-hydrogen) atoms. The van der Waals surface area contributed by atoms with Crippen LogP contribution in [0.25, 0.3) is 0 Å². The molecule has 2 N–H and O–H groups in total. The van der Waals surface area contributed by atoms with Crippen molar-refractivity contribution in [3.63, 3.8) is 0 Å². The van der Waals surface area contributed by atoms with Crippen molar-refractivity contribution in [3.05, 3.63) is 0 Å². The van der Waals surface area contributed by atoms with Crippen LogP contribution in [-0.4, -0.2) is 20.9 Å². The molecule has 90 valence electrons. The van der Waals surface area contributed by atoms with E-state index in [2.05, 4.69) is 20.8 Å². The van der Waals surface area contributed by atoms with Gasteiger partial charge in [-0.1, -0.05) is 11.8 Å². The number of amides is 1. The Morgan fingerprint density at radius 3 is 1.88 bits per heavy atom. The summed E-state index contributed by atoms with van der Waals surface area (Å²) in [6.07, 6.45) is 1.13. The van der Waals surface area contributed by atoms with Crippen LogP contribution in [-0.2, 0) is 4.79 Å². The molecule has 7 heteroatoms. The molecule has 2 unspecified atom stereocenters. The van der Waals surface area contributed by atoms with Crippen molar-refractivity contribution in [3.8, 4) is 0 Å². The molecule has 0 aromatic carbocycles. The molecule has 4 fully saturated rings. The number of hydrogen-bond acceptors (Lipinski definition) is 6. The summed E-state index contributed by atoms with van der Waals surface area (Å²) in [6, 6.07) is 0. The van der Waals surface area contributed by atoms with Gasteiger partial charge in [0.25, 0.3) is 5.91 Å². The van der Waals surface area contributed by atoms with Gasteiger partial charge in [-0.05, 0) is 27.2 Å². The second kappa shape index (κ2) is 3.21. The van der Waals surface area contributed by atoms with E-state index >= 15 is 0 Å². The average molecular weight is 312 g/mol. The van der Waals surface area contributed by atoms with Gasteiger partial charge in [0.2, 0.25) is 0 Å². The first kappa shape index (κ1) is 12.3. The van der Waals surface area contributed by atoms with Gasteiger partial charge in [-0.2, -0.15) is 0 Å². The lowest BCUT2D eigenvalue weighted by molar-refractivity contribution is -0.116. The lowest BCUT2D eigenvalue weighted by Gasteiger charge is -2.64.